The van der Waals surface area contributed by atoms with Crippen LogP contribution in [-0.4, -0.2) is 34.3 Å². The van der Waals surface area contributed by atoms with E-state index >= 15 is 0 Å². The summed E-state index contributed by atoms with van der Waals surface area (Å²) in [6, 6.07) is 0.230. The summed E-state index contributed by atoms with van der Waals surface area (Å²) in [5.74, 6) is 1.12. The number of nitrogens with zero attached hydrogens (tertiary/aromatic N) is 4. The Morgan fingerprint density at radius 3 is 3.04 bits per heavy atom. The van der Waals surface area contributed by atoms with Gasteiger partial charge in [-0.15, -0.1) is 11.8 Å². The maximum Gasteiger partial charge on any atom is 0.151 e. The fourth-order valence-corrected chi connectivity index (χ4v) is 4.40. The van der Waals surface area contributed by atoms with E-state index in [2.05, 4.69) is 39.3 Å². The highest BCUT2D eigenvalue weighted by Gasteiger charge is 2.30. The fraction of sp³-hybridized carbons (Fsp3) is 0.438. The molecule has 3 aliphatic heterocycles. The summed E-state index contributed by atoms with van der Waals surface area (Å²) in [5.41, 5.74) is 14.5. The molecule has 4 heterocycles. The lowest BCUT2D eigenvalue weighted by Gasteiger charge is -2.35. The maximum absolute atomic E-state index is 6.17. The number of thioether (sulfide) groups is 1. The van der Waals surface area contributed by atoms with Crippen LogP contribution in [0.2, 0.25) is 0 Å². The van der Waals surface area contributed by atoms with Crippen molar-refractivity contribution < 1.29 is 0 Å². The first-order chi connectivity index (χ1) is 11.1. The van der Waals surface area contributed by atoms with E-state index in [1.165, 1.54) is 4.91 Å². The number of fused-ring (bicyclic) bond motifs is 1. The predicted octanol–water partition coefficient (Wildman–Crippen LogP) is 1.48. The number of aromatic nitrogens is 2. The monoisotopic (exact) mass is 330 g/mol. The molecule has 6 nitrogen and oxygen atoms in total. The van der Waals surface area contributed by atoms with E-state index in [1.807, 2.05) is 17.9 Å². The summed E-state index contributed by atoms with van der Waals surface area (Å²) in [5, 5.41) is 4.52. The lowest BCUT2D eigenvalue weighted by atomic mass is 10.1. The van der Waals surface area contributed by atoms with Gasteiger partial charge in [-0.3, -0.25) is 4.68 Å². The summed E-state index contributed by atoms with van der Waals surface area (Å²) in [6.45, 7) is 1.90. The molecule has 0 aromatic carbocycles. The summed E-state index contributed by atoms with van der Waals surface area (Å²) >= 11 is 1.69. The summed E-state index contributed by atoms with van der Waals surface area (Å²) in [7, 11) is 1.99. The van der Waals surface area contributed by atoms with E-state index in [-0.39, 0.29) is 11.4 Å². The predicted molar refractivity (Wildman–Crippen MR) is 96.0 cm³/mol. The topological polar surface area (TPSA) is 76.3 Å². The van der Waals surface area contributed by atoms with Crippen LogP contribution >= 0.6 is 11.8 Å². The summed E-state index contributed by atoms with van der Waals surface area (Å²) in [6.07, 6.45) is 12.5. The third kappa shape index (κ3) is 2.58. The van der Waals surface area contributed by atoms with Crippen LogP contribution in [0.25, 0.3) is 0 Å². The maximum atomic E-state index is 6.17. The number of piperidine rings is 1. The molecule has 2 atom stereocenters. The molecule has 0 amide bonds. The molecule has 3 aliphatic rings. The van der Waals surface area contributed by atoms with Crippen LogP contribution in [0.3, 0.4) is 0 Å². The van der Waals surface area contributed by atoms with Crippen molar-refractivity contribution in [3.8, 4) is 0 Å². The number of hydrogen-bond acceptors (Lipinski definition) is 6. The lowest BCUT2D eigenvalue weighted by molar-refractivity contribution is 0.497. The number of allylic oxidation sites excluding steroid dienone is 2. The van der Waals surface area contributed by atoms with Crippen molar-refractivity contribution in [1.29, 1.82) is 0 Å². The van der Waals surface area contributed by atoms with Crippen LogP contribution in [0, 0.1) is 0 Å². The molecule has 23 heavy (non-hydrogen) atoms. The van der Waals surface area contributed by atoms with Crippen molar-refractivity contribution in [2.45, 2.75) is 24.3 Å². The first-order valence-corrected chi connectivity index (χ1v) is 8.86. The first kappa shape index (κ1) is 14.9. The average Bonchev–Trinajstić information content (AvgIpc) is 3.08. The van der Waals surface area contributed by atoms with Crippen molar-refractivity contribution in [2.24, 2.45) is 18.5 Å². The Morgan fingerprint density at radius 1 is 1.35 bits per heavy atom. The highest BCUT2D eigenvalue weighted by Crippen LogP contribution is 2.43. The lowest BCUT2D eigenvalue weighted by Crippen LogP contribution is -2.44. The second-order valence-electron chi connectivity index (χ2n) is 6.20. The van der Waals surface area contributed by atoms with Gasteiger partial charge in [0.25, 0.3) is 0 Å². The van der Waals surface area contributed by atoms with Gasteiger partial charge in [-0.1, -0.05) is 0 Å². The normalized spacial score (nSPS) is 27.1. The highest BCUT2D eigenvalue weighted by atomic mass is 32.2. The highest BCUT2D eigenvalue weighted by molar-refractivity contribution is 8.04. The first-order valence-electron chi connectivity index (χ1n) is 7.98. The standard InChI is InChI=1S/C16H22N6S/c1-20-16(21-6-2-4-11(17)10-21)13(9-19-20)22-7-3-5-14-12(22)8-15(18)23-14/h3,5,7-9,11,15H,2,4,6,10,17-18H2,1H3. The molecule has 122 valence electrons. The zero-order valence-corrected chi connectivity index (χ0v) is 14.0. The Kier molecular flexibility index (Phi) is 3.71. The second kappa shape index (κ2) is 5.74. The van der Waals surface area contributed by atoms with E-state index in [0.717, 1.165) is 43.1 Å². The molecular weight excluding hydrogens is 308 g/mol. The summed E-state index contributed by atoms with van der Waals surface area (Å²) < 4.78 is 1.95. The molecule has 4 N–H and O–H groups in total. The van der Waals surface area contributed by atoms with Gasteiger partial charge >= 0.3 is 0 Å². The Bertz CT molecular complexity index is 703. The molecule has 2 unspecified atom stereocenters. The molecule has 0 bridgehead atoms. The molecule has 7 heteroatoms. The molecule has 0 saturated carbocycles. The van der Waals surface area contributed by atoms with Gasteiger partial charge in [0, 0.05) is 37.3 Å². The molecule has 0 radical (unpaired) electrons. The average molecular weight is 330 g/mol. The molecule has 1 saturated heterocycles. The number of hydrogen-bond donors (Lipinski definition) is 2. The van der Waals surface area contributed by atoms with Gasteiger partial charge in [0.2, 0.25) is 0 Å². The largest absolute Gasteiger partial charge is 0.354 e. The van der Waals surface area contributed by atoms with Crippen molar-refractivity contribution >= 4 is 23.3 Å². The Labute approximate surface area is 140 Å². The van der Waals surface area contributed by atoms with Gasteiger partial charge in [-0.05, 0) is 31.1 Å². The van der Waals surface area contributed by atoms with Crippen LogP contribution in [0.5, 0.6) is 0 Å². The van der Waals surface area contributed by atoms with Crippen molar-refractivity contribution in [1.82, 2.24) is 9.78 Å². The van der Waals surface area contributed by atoms with E-state index in [1.54, 1.807) is 11.8 Å². The minimum absolute atomic E-state index is 0.0159. The number of aryl methyl sites for hydroxylation is 1. The molecule has 4 rings (SSSR count). The number of anilines is 2. The molecule has 1 aromatic heterocycles. The van der Waals surface area contributed by atoms with Crippen LogP contribution in [-0.2, 0) is 7.05 Å². The van der Waals surface area contributed by atoms with E-state index in [4.69, 9.17) is 11.5 Å². The minimum Gasteiger partial charge on any atom is -0.354 e. The molecule has 0 spiro atoms. The second-order valence-corrected chi connectivity index (χ2v) is 7.42. The summed E-state index contributed by atoms with van der Waals surface area (Å²) in [4.78, 5) is 5.76. The van der Waals surface area contributed by atoms with Crippen molar-refractivity contribution in [3.05, 3.63) is 41.2 Å². The quantitative estimate of drug-likeness (QED) is 0.855. The van der Waals surface area contributed by atoms with Crippen LogP contribution in [0.1, 0.15) is 12.8 Å². The molecular formula is C16H22N6S. The van der Waals surface area contributed by atoms with E-state index in [0.29, 0.717) is 0 Å². The van der Waals surface area contributed by atoms with Gasteiger partial charge < -0.3 is 21.3 Å². The SMILES string of the molecule is Cn1ncc(N2C=CC=C3SC(N)C=C32)c1N1CCCC(N)C1. The minimum atomic E-state index is 0.0159. The van der Waals surface area contributed by atoms with Crippen molar-refractivity contribution in [2.75, 3.05) is 22.9 Å². The zero-order chi connectivity index (χ0) is 16.0. The Hall–Kier alpha value is -1.70. The number of nitrogens with two attached hydrogens (primary N) is 2. The third-order valence-electron chi connectivity index (χ3n) is 4.49. The van der Waals surface area contributed by atoms with Gasteiger partial charge in [0.05, 0.1) is 17.3 Å². The third-order valence-corrected chi connectivity index (χ3v) is 5.49. The number of rotatable bonds is 2. The Morgan fingerprint density at radius 2 is 2.22 bits per heavy atom. The van der Waals surface area contributed by atoms with Crippen LogP contribution in [0.15, 0.2) is 41.2 Å². The van der Waals surface area contributed by atoms with Gasteiger partial charge in [-0.2, -0.15) is 5.10 Å². The van der Waals surface area contributed by atoms with Crippen molar-refractivity contribution in [3.63, 3.8) is 0 Å². The zero-order valence-electron chi connectivity index (χ0n) is 13.2. The van der Waals surface area contributed by atoms with E-state index in [9.17, 15) is 0 Å². The van der Waals surface area contributed by atoms with Crippen LogP contribution < -0.4 is 21.3 Å². The van der Waals surface area contributed by atoms with Gasteiger partial charge in [-0.25, -0.2) is 0 Å². The molecule has 0 aliphatic carbocycles. The smallest absolute Gasteiger partial charge is 0.151 e. The van der Waals surface area contributed by atoms with Gasteiger partial charge in [0.15, 0.2) is 5.82 Å². The van der Waals surface area contributed by atoms with E-state index < -0.39 is 0 Å². The van der Waals surface area contributed by atoms with Gasteiger partial charge in [0.1, 0.15) is 5.69 Å². The fourth-order valence-electron chi connectivity index (χ4n) is 3.47. The Balaban J connectivity index is 1.72. The molecule has 1 aromatic rings. The van der Waals surface area contributed by atoms with Crippen LogP contribution in [0.4, 0.5) is 11.5 Å². The molecule has 1 fully saturated rings.